The highest BCUT2D eigenvalue weighted by Crippen LogP contribution is 2.32. The van der Waals surface area contributed by atoms with Crippen LogP contribution in [0.1, 0.15) is 27.9 Å². The molecule has 0 spiro atoms. The van der Waals surface area contributed by atoms with Crippen molar-refractivity contribution in [3.05, 3.63) is 90.0 Å². The summed E-state index contributed by atoms with van der Waals surface area (Å²) >= 11 is 0. The monoisotopic (exact) mass is 329 g/mol. The maximum atomic E-state index is 12.9. The van der Waals surface area contributed by atoms with E-state index >= 15 is 0 Å². The van der Waals surface area contributed by atoms with Gasteiger partial charge in [-0.05, 0) is 36.4 Å². The zero-order valence-electron chi connectivity index (χ0n) is 13.3. The lowest BCUT2D eigenvalue weighted by molar-refractivity contribution is 0.0688. The molecule has 3 heterocycles. The molecule has 0 radical (unpaired) electrons. The molecule has 3 aromatic rings. The van der Waals surface area contributed by atoms with Crippen LogP contribution >= 0.6 is 0 Å². The van der Waals surface area contributed by atoms with Crippen molar-refractivity contribution < 1.29 is 4.79 Å². The van der Waals surface area contributed by atoms with Crippen molar-refractivity contribution in [1.82, 2.24) is 15.0 Å². The van der Waals surface area contributed by atoms with Gasteiger partial charge in [0.2, 0.25) is 0 Å². The van der Waals surface area contributed by atoms with Crippen LogP contribution in [0, 0.1) is 0 Å². The number of pyridine rings is 2. The summed E-state index contributed by atoms with van der Waals surface area (Å²) in [7, 11) is 0. The van der Waals surface area contributed by atoms with Gasteiger partial charge in [0.15, 0.2) is 6.17 Å². The Hall–Kier alpha value is -3.54. The number of anilines is 1. The van der Waals surface area contributed by atoms with Crippen LogP contribution < -0.4 is 5.32 Å². The largest absolute Gasteiger partial charge is 0.358 e. The van der Waals surface area contributed by atoms with Gasteiger partial charge in [0.05, 0.1) is 23.2 Å². The van der Waals surface area contributed by atoms with Crippen LogP contribution in [0.3, 0.4) is 0 Å². The van der Waals surface area contributed by atoms with Gasteiger partial charge >= 0.3 is 0 Å². The minimum absolute atomic E-state index is 0.183. The number of nitrogens with one attached hydrogen (secondary N) is 1. The maximum absolute atomic E-state index is 12.9. The van der Waals surface area contributed by atoms with Crippen molar-refractivity contribution >= 4 is 17.8 Å². The first-order chi connectivity index (χ1) is 12.3. The summed E-state index contributed by atoms with van der Waals surface area (Å²) in [6, 6.07) is 18.5. The van der Waals surface area contributed by atoms with Crippen molar-refractivity contribution in [3.8, 4) is 0 Å². The highest BCUT2D eigenvalue weighted by molar-refractivity contribution is 6.02. The van der Waals surface area contributed by atoms with Gasteiger partial charge in [0, 0.05) is 18.1 Å². The van der Waals surface area contributed by atoms with E-state index in [2.05, 4.69) is 20.4 Å². The Kier molecular flexibility index (Phi) is 3.92. The van der Waals surface area contributed by atoms with E-state index < -0.39 is 6.17 Å². The molecule has 1 aromatic carbocycles. The summed E-state index contributed by atoms with van der Waals surface area (Å²) in [6.45, 7) is 0. The second-order valence-corrected chi connectivity index (χ2v) is 5.50. The molecule has 0 saturated heterocycles. The van der Waals surface area contributed by atoms with E-state index in [9.17, 15) is 4.79 Å². The summed E-state index contributed by atoms with van der Waals surface area (Å²) in [5, 5.41) is 9.13. The average molecular weight is 329 g/mol. The summed E-state index contributed by atoms with van der Waals surface area (Å²) in [5.74, 6) is -0.183. The molecule has 6 nitrogen and oxygen atoms in total. The van der Waals surface area contributed by atoms with Crippen molar-refractivity contribution in [3.63, 3.8) is 0 Å². The van der Waals surface area contributed by atoms with Crippen molar-refractivity contribution in [2.24, 2.45) is 5.10 Å². The van der Waals surface area contributed by atoms with Crippen LogP contribution in [-0.4, -0.2) is 27.1 Å². The Morgan fingerprint density at radius 1 is 0.960 bits per heavy atom. The third-order valence-corrected chi connectivity index (χ3v) is 3.87. The normalized spacial score (nSPS) is 16.6. The molecule has 6 heteroatoms. The Morgan fingerprint density at radius 2 is 1.72 bits per heavy atom. The fourth-order valence-electron chi connectivity index (χ4n) is 2.67. The van der Waals surface area contributed by atoms with Crippen LogP contribution in [0.5, 0.6) is 0 Å². The molecule has 0 fully saturated rings. The van der Waals surface area contributed by atoms with Crippen LogP contribution in [-0.2, 0) is 0 Å². The van der Waals surface area contributed by atoms with Gasteiger partial charge in [0.1, 0.15) is 0 Å². The van der Waals surface area contributed by atoms with Gasteiger partial charge < -0.3 is 5.32 Å². The molecule has 0 aliphatic carbocycles. The third-order valence-electron chi connectivity index (χ3n) is 3.87. The number of carbonyl (C=O) groups is 1. The predicted molar refractivity (Wildman–Crippen MR) is 95.0 cm³/mol. The summed E-state index contributed by atoms with van der Waals surface area (Å²) in [5.41, 5.74) is 2.73. The first-order valence-electron chi connectivity index (χ1n) is 7.88. The number of carbonyl (C=O) groups excluding carboxylic acids is 1. The Labute approximate surface area is 144 Å². The quantitative estimate of drug-likeness (QED) is 0.750. The first kappa shape index (κ1) is 15.0. The zero-order chi connectivity index (χ0) is 17.1. The van der Waals surface area contributed by atoms with E-state index in [4.69, 9.17) is 0 Å². The molecule has 0 bridgehead atoms. The van der Waals surface area contributed by atoms with Gasteiger partial charge in [-0.15, -0.1) is 0 Å². The Morgan fingerprint density at radius 3 is 2.48 bits per heavy atom. The number of hydrogen-bond acceptors (Lipinski definition) is 5. The number of rotatable bonds is 3. The van der Waals surface area contributed by atoms with E-state index in [1.54, 1.807) is 24.7 Å². The minimum atomic E-state index is -0.483. The number of hydrazone groups is 1. The molecule has 0 unspecified atom stereocenters. The molecule has 1 atom stereocenters. The molecule has 1 N–H and O–H groups in total. The molecular weight excluding hydrogens is 314 g/mol. The van der Waals surface area contributed by atoms with Crippen LogP contribution in [0.25, 0.3) is 0 Å². The number of hydrogen-bond donors (Lipinski definition) is 1. The van der Waals surface area contributed by atoms with E-state index in [1.807, 2.05) is 54.6 Å². The summed E-state index contributed by atoms with van der Waals surface area (Å²) in [6.07, 6.45) is 4.47. The molecule has 4 rings (SSSR count). The van der Waals surface area contributed by atoms with Gasteiger partial charge in [-0.25, -0.2) is 5.01 Å². The van der Waals surface area contributed by atoms with Crippen LogP contribution in [0.2, 0.25) is 0 Å². The zero-order valence-corrected chi connectivity index (χ0v) is 13.3. The summed E-state index contributed by atoms with van der Waals surface area (Å²) in [4.78, 5) is 21.5. The predicted octanol–water partition coefficient (Wildman–Crippen LogP) is 3.08. The fourth-order valence-corrected chi connectivity index (χ4v) is 2.67. The first-order valence-corrected chi connectivity index (χ1v) is 7.88. The average Bonchev–Trinajstić information content (AvgIpc) is 2.69. The van der Waals surface area contributed by atoms with E-state index in [0.29, 0.717) is 17.0 Å². The summed E-state index contributed by atoms with van der Waals surface area (Å²) < 4.78 is 0. The van der Waals surface area contributed by atoms with Gasteiger partial charge in [-0.3, -0.25) is 14.8 Å². The molecule has 25 heavy (non-hydrogen) atoms. The van der Waals surface area contributed by atoms with Crippen LogP contribution in [0.4, 0.5) is 5.69 Å². The lowest BCUT2D eigenvalue weighted by Gasteiger charge is -2.33. The number of amides is 1. The molecule has 1 aliphatic rings. The number of nitrogens with zero attached hydrogens (tertiary/aromatic N) is 4. The minimum Gasteiger partial charge on any atom is -0.358 e. The van der Waals surface area contributed by atoms with Crippen molar-refractivity contribution in [1.29, 1.82) is 0 Å². The SMILES string of the molecule is O=C1c2ccccc2N[C@@H](c2ccccn2)N1/N=C/c1ccccn1. The van der Waals surface area contributed by atoms with Crippen molar-refractivity contribution in [2.45, 2.75) is 6.17 Å². The third kappa shape index (κ3) is 2.97. The highest BCUT2D eigenvalue weighted by Gasteiger charge is 2.33. The Bertz CT molecular complexity index is 911. The molecular formula is C19H15N5O. The van der Waals surface area contributed by atoms with E-state index in [1.165, 1.54) is 5.01 Å². The van der Waals surface area contributed by atoms with Gasteiger partial charge in [0.25, 0.3) is 5.91 Å². The highest BCUT2D eigenvalue weighted by atomic mass is 16.2. The smallest absolute Gasteiger partial charge is 0.278 e. The molecule has 2 aromatic heterocycles. The van der Waals surface area contributed by atoms with E-state index in [0.717, 1.165) is 5.69 Å². The maximum Gasteiger partial charge on any atom is 0.278 e. The molecule has 1 aliphatic heterocycles. The fraction of sp³-hybridized carbons (Fsp3) is 0.0526. The number of benzene rings is 1. The number of aromatic nitrogens is 2. The lowest BCUT2D eigenvalue weighted by atomic mass is 10.1. The topological polar surface area (TPSA) is 70.5 Å². The number of fused-ring (bicyclic) bond motifs is 1. The van der Waals surface area contributed by atoms with Crippen LogP contribution in [0.15, 0.2) is 78.2 Å². The van der Waals surface area contributed by atoms with Crippen molar-refractivity contribution in [2.75, 3.05) is 5.32 Å². The second-order valence-electron chi connectivity index (χ2n) is 5.50. The van der Waals surface area contributed by atoms with Gasteiger partial charge in [-0.1, -0.05) is 24.3 Å². The standard InChI is InChI=1S/C19H15N5O/c25-19-15-8-1-2-9-16(15)23-18(17-10-4-6-12-21-17)24(19)22-13-14-7-3-5-11-20-14/h1-13,18,23H/b22-13+/t18-/m1/s1. The second kappa shape index (κ2) is 6.52. The number of para-hydroxylation sites is 1. The molecule has 122 valence electrons. The van der Waals surface area contributed by atoms with E-state index in [-0.39, 0.29) is 5.91 Å². The molecule has 0 saturated carbocycles. The lowest BCUT2D eigenvalue weighted by Crippen LogP contribution is -2.40. The Balaban J connectivity index is 1.75. The molecule has 1 amide bonds. The van der Waals surface area contributed by atoms with Gasteiger partial charge in [-0.2, -0.15) is 5.10 Å².